The highest BCUT2D eigenvalue weighted by molar-refractivity contribution is 6.02. The summed E-state index contributed by atoms with van der Waals surface area (Å²) in [5.74, 6) is -1.79. The van der Waals surface area contributed by atoms with Crippen molar-refractivity contribution in [2.24, 2.45) is 0 Å². The summed E-state index contributed by atoms with van der Waals surface area (Å²) in [6.45, 7) is 0.0392. The summed E-state index contributed by atoms with van der Waals surface area (Å²) in [6, 6.07) is 5.96. The van der Waals surface area contributed by atoms with Crippen molar-refractivity contribution >= 4 is 17.8 Å². The minimum absolute atomic E-state index is 0.0955. The van der Waals surface area contributed by atoms with Gasteiger partial charge in [-0.2, -0.15) is 5.10 Å². The minimum atomic E-state index is -1.06. The molecule has 0 aliphatic heterocycles. The van der Waals surface area contributed by atoms with Gasteiger partial charge in [-0.15, -0.1) is 5.10 Å². The number of nitrogens with zero attached hydrogens (tertiary/aromatic N) is 5. The van der Waals surface area contributed by atoms with Crippen molar-refractivity contribution in [1.29, 1.82) is 0 Å². The van der Waals surface area contributed by atoms with Crippen molar-refractivity contribution < 1.29 is 19.1 Å². The Morgan fingerprint density at radius 3 is 2.68 bits per heavy atom. The van der Waals surface area contributed by atoms with E-state index in [2.05, 4.69) is 20.5 Å². The number of aliphatic carboxylic acids is 1. The molecule has 2 N–H and O–H groups in total. The standard InChI is InChI=1S/C15H13FN6O3/c16-12-3-1-10(2-4-12)6-22-9-17-15(20-22)19-14(25)11-5-18-21(7-11)8-13(23)24/h1-5,7,9H,6,8H2,(H,23,24)(H,19,20,25). The molecule has 0 atom stereocenters. The van der Waals surface area contributed by atoms with E-state index in [0.29, 0.717) is 6.54 Å². The van der Waals surface area contributed by atoms with Crippen molar-refractivity contribution in [3.05, 3.63) is 59.9 Å². The number of anilines is 1. The molecule has 10 heteroatoms. The third-order valence-electron chi connectivity index (χ3n) is 3.21. The molecule has 0 spiro atoms. The molecule has 9 nitrogen and oxygen atoms in total. The van der Waals surface area contributed by atoms with E-state index in [4.69, 9.17) is 5.11 Å². The SMILES string of the molecule is O=C(O)Cn1cc(C(=O)Nc2ncn(Cc3ccc(F)cc3)n2)cn1. The predicted octanol–water partition coefficient (Wildman–Crippen LogP) is 0.999. The normalized spacial score (nSPS) is 10.6. The zero-order valence-electron chi connectivity index (χ0n) is 12.8. The lowest BCUT2D eigenvalue weighted by atomic mass is 10.2. The maximum Gasteiger partial charge on any atom is 0.325 e. The van der Waals surface area contributed by atoms with Crippen LogP contribution in [0.5, 0.6) is 0 Å². The van der Waals surface area contributed by atoms with E-state index < -0.39 is 11.9 Å². The van der Waals surface area contributed by atoms with Gasteiger partial charge in [-0.1, -0.05) is 12.1 Å². The van der Waals surface area contributed by atoms with Gasteiger partial charge >= 0.3 is 5.97 Å². The molecule has 0 aliphatic carbocycles. The highest BCUT2D eigenvalue weighted by Gasteiger charge is 2.12. The van der Waals surface area contributed by atoms with Crippen LogP contribution in [0.2, 0.25) is 0 Å². The number of halogens is 1. The molecule has 0 bridgehead atoms. The van der Waals surface area contributed by atoms with Gasteiger partial charge in [0.25, 0.3) is 5.91 Å². The van der Waals surface area contributed by atoms with Gasteiger partial charge in [0.15, 0.2) is 0 Å². The van der Waals surface area contributed by atoms with Gasteiger partial charge in [0.05, 0.1) is 18.3 Å². The zero-order valence-corrected chi connectivity index (χ0v) is 12.8. The number of hydrogen-bond donors (Lipinski definition) is 2. The van der Waals surface area contributed by atoms with Crippen LogP contribution in [-0.4, -0.2) is 41.5 Å². The van der Waals surface area contributed by atoms with E-state index >= 15 is 0 Å². The summed E-state index contributed by atoms with van der Waals surface area (Å²) in [5, 5.41) is 19.1. The molecule has 25 heavy (non-hydrogen) atoms. The van der Waals surface area contributed by atoms with Gasteiger partial charge in [0.2, 0.25) is 5.95 Å². The number of aromatic nitrogens is 5. The second kappa shape index (κ2) is 6.91. The number of benzene rings is 1. The van der Waals surface area contributed by atoms with Crippen LogP contribution in [0.4, 0.5) is 10.3 Å². The van der Waals surface area contributed by atoms with Crippen molar-refractivity contribution in [1.82, 2.24) is 24.5 Å². The Balaban J connectivity index is 1.62. The molecular formula is C15H13FN6O3. The third-order valence-corrected chi connectivity index (χ3v) is 3.21. The predicted molar refractivity (Wildman–Crippen MR) is 83.3 cm³/mol. The second-order valence-electron chi connectivity index (χ2n) is 5.17. The highest BCUT2D eigenvalue weighted by atomic mass is 19.1. The number of carbonyl (C=O) groups is 2. The number of rotatable bonds is 6. The molecule has 2 heterocycles. The van der Waals surface area contributed by atoms with Gasteiger partial charge in [-0.05, 0) is 17.7 Å². The molecule has 1 aromatic carbocycles. The Labute approximate surface area is 140 Å². The number of carboxylic acids is 1. The van der Waals surface area contributed by atoms with Crippen LogP contribution in [-0.2, 0) is 17.9 Å². The average Bonchev–Trinajstić information content (AvgIpc) is 3.19. The van der Waals surface area contributed by atoms with Crippen LogP contribution in [0.15, 0.2) is 43.0 Å². The molecule has 0 saturated heterocycles. The summed E-state index contributed by atoms with van der Waals surface area (Å²) < 4.78 is 15.5. The third kappa shape index (κ3) is 4.25. The summed E-state index contributed by atoms with van der Waals surface area (Å²) in [4.78, 5) is 26.7. The Kier molecular flexibility index (Phi) is 4.50. The van der Waals surface area contributed by atoms with E-state index in [1.807, 2.05) is 0 Å². The van der Waals surface area contributed by atoms with Gasteiger partial charge in [0, 0.05) is 6.20 Å². The first-order chi connectivity index (χ1) is 12.0. The number of amides is 1. The molecule has 0 aliphatic rings. The van der Waals surface area contributed by atoms with Gasteiger partial charge in [-0.25, -0.2) is 14.1 Å². The molecular weight excluding hydrogens is 331 g/mol. The quantitative estimate of drug-likeness (QED) is 0.689. The Bertz CT molecular complexity index is 902. The highest BCUT2D eigenvalue weighted by Crippen LogP contribution is 2.07. The number of hydrogen-bond acceptors (Lipinski definition) is 5. The van der Waals surface area contributed by atoms with Crippen LogP contribution < -0.4 is 5.32 Å². The number of nitrogens with one attached hydrogen (secondary N) is 1. The summed E-state index contributed by atoms with van der Waals surface area (Å²) in [7, 11) is 0. The Morgan fingerprint density at radius 2 is 1.96 bits per heavy atom. The van der Waals surface area contributed by atoms with E-state index in [-0.39, 0.29) is 23.9 Å². The fourth-order valence-electron chi connectivity index (χ4n) is 2.08. The zero-order chi connectivity index (χ0) is 17.8. The van der Waals surface area contributed by atoms with Crippen LogP contribution in [0, 0.1) is 5.82 Å². The van der Waals surface area contributed by atoms with Crippen molar-refractivity contribution in [2.45, 2.75) is 13.1 Å². The van der Waals surface area contributed by atoms with Crippen LogP contribution >= 0.6 is 0 Å². The fourth-order valence-corrected chi connectivity index (χ4v) is 2.08. The smallest absolute Gasteiger partial charge is 0.325 e. The summed E-state index contributed by atoms with van der Waals surface area (Å²) in [5.41, 5.74) is 1.02. The fraction of sp³-hybridized carbons (Fsp3) is 0.133. The van der Waals surface area contributed by atoms with E-state index in [9.17, 15) is 14.0 Å². The van der Waals surface area contributed by atoms with Crippen molar-refractivity contribution in [3.63, 3.8) is 0 Å². The number of carbonyl (C=O) groups excluding carboxylic acids is 1. The molecule has 1 amide bonds. The molecule has 3 aromatic rings. The Morgan fingerprint density at radius 1 is 1.20 bits per heavy atom. The largest absolute Gasteiger partial charge is 0.480 e. The Hall–Kier alpha value is -3.56. The van der Waals surface area contributed by atoms with Crippen molar-refractivity contribution in [3.8, 4) is 0 Å². The first-order valence-corrected chi connectivity index (χ1v) is 7.19. The van der Waals surface area contributed by atoms with E-state index in [0.717, 1.165) is 10.2 Å². The molecule has 3 rings (SSSR count). The topological polar surface area (TPSA) is 115 Å². The monoisotopic (exact) mass is 344 g/mol. The average molecular weight is 344 g/mol. The lowest BCUT2D eigenvalue weighted by Crippen LogP contribution is -2.13. The number of carboxylic acid groups (broad SMARTS) is 1. The first-order valence-electron chi connectivity index (χ1n) is 7.19. The summed E-state index contributed by atoms with van der Waals surface area (Å²) >= 11 is 0. The molecule has 2 aromatic heterocycles. The molecule has 0 fully saturated rings. The summed E-state index contributed by atoms with van der Waals surface area (Å²) in [6.07, 6.45) is 4.01. The van der Waals surface area contributed by atoms with Gasteiger partial charge in [0.1, 0.15) is 18.7 Å². The minimum Gasteiger partial charge on any atom is -0.480 e. The molecule has 0 radical (unpaired) electrons. The first kappa shape index (κ1) is 16.3. The van der Waals surface area contributed by atoms with Crippen LogP contribution in [0.25, 0.3) is 0 Å². The van der Waals surface area contributed by atoms with E-state index in [1.54, 1.807) is 12.1 Å². The maximum absolute atomic E-state index is 12.9. The second-order valence-corrected chi connectivity index (χ2v) is 5.17. The lowest BCUT2D eigenvalue weighted by molar-refractivity contribution is -0.137. The van der Waals surface area contributed by atoms with E-state index in [1.165, 1.54) is 35.5 Å². The van der Waals surface area contributed by atoms with Crippen LogP contribution in [0.1, 0.15) is 15.9 Å². The van der Waals surface area contributed by atoms with Gasteiger partial charge in [-0.3, -0.25) is 19.6 Å². The van der Waals surface area contributed by atoms with Crippen molar-refractivity contribution in [2.75, 3.05) is 5.32 Å². The van der Waals surface area contributed by atoms with Gasteiger partial charge < -0.3 is 5.11 Å². The van der Waals surface area contributed by atoms with Crippen LogP contribution in [0.3, 0.4) is 0 Å². The lowest BCUT2D eigenvalue weighted by Gasteiger charge is -2.01. The molecule has 128 valence electrons. The molecule has 0 unspecified atom stereocenters. The maximum atomic E-state index is 12.9. The molecule has 0 saturated carbocycles.